The molecule has 0 spiro atoms. The molecule has 1 fully saturated rings. The SMILES string of the molecule is O=C(O)C1C(=O)NCC1O. The Labute approximate surface area is 56.7 Å². The van der Waals surface area contributed by atoms with E-state index in [-0.39, 0.29) is 6.54 Å². The summed E-state index contributed by atoms with van der Waals surface area (Å²) in [6.45, 7) is 0.0375. The van der Waals surface area contributed by atoms with E-state index in [1.165, 1.54) is 0 Å². The standard InChI is InChI=1S/C5H7NO4/c7-2-1-6-4(8)3(2)5(9)10/h2-3,7H,1H2,(H,6,8)(H,9,10). The van der Waals surface area contributed by atoms with Gasteiger partial charge in [0, 0.05) is 6.54 Å². The molecule has 0 aromatic carbocycles. The average Bonchev–Trinajstić information content (AvgIpc) is 2.11. The van der Waals surface area contributed by atoms with E-state index in [1.807, 2.05) is 0 Å². The van der Waals surface area contributed by atoms with Gasteiger partial charge in [0.05, 0.1) is 6.10 Å². The molecule has 1 heterocycles. The number of carbonyl (C=O) groups is 2. The van der Waals surface area contributed by atoms with Crippen LogP contribution in [0.1, 0.15) is 0 Å². The number of carboxylic acid groups (broad SMARTS) is 1. The molecule has 56 valence electrons. The molecule has 0 aromatic rings. The fourth-order valence-electron chi connectivity index (χ4n) is 0.884. The number of carboxylic acids is 1. The van der Waals surface area contributed by atoms with E-state index in [4.69, 9.17) is 10.2 Å². The third-order valence-corrected chi connectivity index (χ3v) is 1.42. The van der Waals surface area contributed by atoms with Crippen LogP contribution in [-0.2, 0) is 9.59 Å². The summed E-state index contributed by atoms with van der Waals surface area (Å²) in [6, 6.07) is 0. The zero-order valence-electron chi connectivity index (χ0n) is 5.07. The summed E-state index contributed by atoms with van der Waals surface area (Å²) in [7, 11) is 0. The maximum atomic E-state index is 10.6. The lowest BCUT2D eigenvalue weighted by Gasteiger charge is -2.03. The van der Waals surface area contributed by atoms with Crippen LogP contribution in [0.5, 0.6) is 0 Å². The van der Waals surface area contributed by atoms with E-state index in [2.05, 4.69) is 5.32 Å². The molecule has 0 bridgehead atoms. The number of β-amino-alcohol motifs (C(OH)–C–C–N with tert-alkyl or cyclic N) is 1. The van der Waals surface area contributed by atoms with Gasteiger partial charge in [0.1, 0.15) is 0 Å². The highest BCUT2D eigenvalue weighted by Gasteiger charge is 2.38. The fourth-order valence-corrected chi connectivity index (χ4v) is 0.884. The molecular formula is C5H7NO4. The Morgan fingerprint density at radius 2 is 2.30 bits per heavy atom. The summed E-state index contributed by atoms with van der Waals surface area (Å²) in [5.41, 5.74) is 0. The largest absolute Gasteiger partial charge is 0.481 e. The lowest BCUT2D eigenvalue weighted by molar-refractivity contribution is -0.148. The van der Waals surface area contributed by atoms with Gasteiger partial charge in [-0.25, -0.2) is 0 Å². The maximum Gasteiger partial charge on any atom is 0.318 e. The molecule has 5 nitrogen and oxygen atoms in total. The molecule has 0 radical (unpaired) electrons. The third-order valence-electron chi connectivity index (χ3n) is 1.42. The Bertz CT molecular complexity index is 178. The minimum Gasteiger partial charge on any atom is -0.481 e. The summed E-state index contributed by atoms with van der Waals surface area (Å²) >= 11 is 0. The van der Waals surface area contributed by atoms with Gasteiger partial charge in [0.25, 0.3) is 0 Å². The molecule has 1 aliphatic rings. The quantitative estimate of drug-likeness (QED) is 0.379. The second-order valence-corrected chi connectivity index (χ2v) is 2.13. The van der Waals surface area contributed by atoms with Crippen LogP contribution < -0.4 is 5.32 Å². The van der Waals surface area contributed by atoms with Crippen LogP contribution in [0.2, 0.25) is 0 Å². The third kappa shape index (κ3) is 0.950. The zero-order chi connectivity index (χ0) is 7.72. The zero-order valence-corrected chi connectivity index (χ0v) is 5.07. The van der Waals surface area contributed by atoms with E-state index in [1.54, 1.807) is 0 Å². The molecular weight excluding hydrogens is 138 g/mol. The molecule has 2 unspecified atom stereocenters. The van der Waals surface area contributed by atoms with E-state index in [0.29, 0.717) is 0 Å². The summed E-state index contributed by atoms with van der Waals surface area (Å²) < 4.78 is 0. The van der Waals surface area contributed by atoms with Crippen LogP contribution in [0.4, 0.5) is 0 Å². The first-order chi connectivity index (χ1) is 4.63. The predicted molar refractivity (Wildman–Crippen MR) is 30.1 cm³/mol. The van der Waals surface area contributed by atoms with Crippen molar-refractivity contribution in [1.29, 1.82) is 0 Å². The van der Waals surface area contributed by atoms with Gasteiger partial charge in [-0.2, -0.15) is 0 Å². The van der Waals surface area contributed by atoms with Crippen molar-refractivity contribution in [3.05, 3.63) is 0 Å². The van der Waals surface area contributed by atoms with Gasteiger partial charge in [-0.15, -0.1) is 0 Å². The highest BCUT2D eigenvalue weighted by Crippen LogP contribution is 2.09. The first kappa shape index (κ1) is 7.01. The second kappa shape index (κ2) is 2.26. The van der Waals surface area contributed by atoms with Gasteiger partial charge in [0.2, 0.25) is 5.91 Å². The minimum atomic E-state index is -1.28. The van der Waals surface area contributed by atoms with Crippen molar-refractivity contribution in [3.63, 3.8) is 0 Å². The Morgan fingerprint density at radius 3 is 2.50 bits per heavy atom. The molecule has 3 N–H and O–H groups in total. The Balaban J connectivity index is 2.72. The van der Waals surface area contributed by atoms with Gasteiger partial charge in [-0.05, 0) is 0 Å². The monoisotopic (exact) mass is 145 g/mol. The number of nitrogens with one attached hydrogen (secondary N) is 1. The number of aliphatic carboxylic acids is 1. The number of hydrogen-bond donors (Lipinski definition) is 3. The lowest BCUT2D eigenvalue weighted by Crippen LogP contribution is -2.29. The van der Waals surface area contributed by atoms with Crippen LogP contribution in [0.25, 0.3) is 0 Å². The molecule has 0 aliphatic carbocycles. The topological polar surface area (TPSA) is 86.6 Å². The predicted octanol–water partition coefficient (Wildman–Crippen LogP) is -1.82. The van der Waals surface area contributed by atoms with Crippen molar-refractivity contribution in [2.45, 2.75) is 6.10 Å². The highest BCUT2D eigenvalue weighted by atomic mass is 16.4. The minimum absolute atomic E-state index is 0.0375. The normalized spacial score (nSPS) is 31.9. The molecule has 2 atom stereocenters. The van der Waals surface area contributed by atoms with E-state index in [9.17, 15) is 9.59 Å². The first-order valence-electron chi connectivity index (χ1n) is 2.81. The summed E-state index contributed by atoms with van der Waals surface area (Å²) in [5.74, 6) is -3.16. The molecule has 5 heteroatoms. The highest BCUT2D eigenvalue weighted by molar-refractivity contribution is 5.99. The summed E-state index contributed by atoms with van der Waals surface area (Å²) in [4.78, 5) is 20.8. The number of amides is 1. The van der Waals surface area contributed by atoms with Gasteiger partial charge < -0.3 is 15.5 Å². The molecule has 0 saturated carbocycles. The molecule has 1 rings (SSSR count). The van der Waals surface area contributed by atoms with Gasteiger partial charge in [-0.3, -0.25) is 9.59 Å². The number of aliphatic hydroxyl groups excluding tert-OH is 1. The fraction of sp³-hybridized carbons (Fsp3) is 0.600. The smallest absolute Gasteiger partial charge is 0.318 e. The van der Waals surface area contributed by atoms with Gasteiger partial charge in [-0.1, -0.05) is 0 Å². The summed E-state index contributed by atoms with van der Waals surface area (Å²) in [6.07, 6.45) is -1.08. The Morgan fingerprint density at radius 1 is 1.70 bits per heavy atom. The van der Waals surface area contributed by atoms with Crippen molar-refractivity contribution in [3.8, 4) is 0 Å². The van der Waals surface area contributed by atoms with Crippen LogP contribution in [-0.4, -0.2) is 34.7 Å². The number of aliphatic hydroxyl groups is 1. The van der Waals surface area contributed by atoms with Crippen molar-refractivity contribution in [2.75, 3.05) is 6.54 Å². The van der Waals surface area contributed by atoms with Crippen molar-refractivity contribution < 1.29 is 19.8 Å². The van der Waals surface area contributed by atoms with Crippen molar-refractivity contribution in [2.24, 2.45) is 5.92 Å². The first-order valence-corrected chi connectivity index (χ1v) is 2.81. The van der Waals surface area contributed by atoms with Crippen LogP contribution in [0, 0.1) is 5.92 Å². The summed E-state index contributed by atoms with van der Waals surface area (Å²) in [5, 5.41) is 19.4. The number of hydrogen-bond acceptors (Lipinski definition) is 3. The van der Waals surface area contributed by atoms with Crippen LogP contribution in [0.3, 0.4) is 0 Å². The van der Waals surface area contributed by atoms with Crippen LogP contribution in [0.15, 0.2) is 0 Å². The number of rotatable bonds is 1. The van der Waals surface area contributed by atoms with Crippen molar-refractivity contribution >= 4 is 11.9 Å². The Hall–Kier alpha value is -1.10. The van der Waals surface area contributed by atoms with Crippen molar-refractivity contribution in [1.82, 2.24) is 5.32 Å². The molecule has 1 amide bonds. The van der Waals surface area contributed by atoms with E-state index < -0.39 is 23.9 Å². The van der Waals surface area contributed by atoms with E-state index in [0.717, 1.165) is 0 Å². The molecule has 10 heavy (non-hydrogen) atoms. The van der Waals surface area contributed by atoms with Crippen LogP contribution >= 0.6 is 0 Å². The lowest BCUT2D eigenvalue weighted by atomic mass is 10.1. The van der Waals surface area contributed by atoms with Gasteiger partial charge >= 0.3 is 5.97 Å². The number of carbonyl (C=O) groups excluding carboxylic acids is 1. The molecule has 1 aliphatic heterocycles. The average molecular weight is 145 g/mol. The van der Waals surface area contributed by atoms with Gasteiger partial charge in [0.15, 0.2) is 5.92 Å². The molecule has 1 saturated heterocycles. The maximum absolute atomic E-state index is 10.6. The Kier molecular flexibility index (Phi) is 1.58. The van der Waals surface area contributed by atoms with E-state index >= 15 is 0 Å². The second-order valence-electron chi connectivity index (χ2n) is 2.13. The molecule has 0 aromatic heterocycles.